The summed E-state index contributed by atoms with van der Waals surface area (Å²) >= 11 is 0. The van der Waals surface area contributed by atoms with Gasteiger partial charge < -0.3 is 28.9 Å². The van der Waals surface area contributed by atoms with Crippen LogP contribution in [-0.2, 0) is 0 Å². The van der Waals surface area contributed by atoms with E-state index in [0.717, 1.165) is 108 Å². The van der Waals surface area contributed by atoms with Crippen molar-refractivity contribution in [2.75, 3.05) is 58.4 Å². The molecule has 2 aromatic heterocycles. The molecule has 10 heteroatoms. The molecule has 0 bridgehead atoms. The highest BCUT2D eigenvalue weighted by atomic mass is 16.5. The highest BCUT2D eigenvalue weighted by Crippen LogP contribution is 2.50. The molecule has 7 rings (SSSR count). The van der Waals surface area contributed by atoms with Crippen molar-refractivity contribution in [3.8, 4) is 28.6 Å². The van der Waals surface area contributed by atoms with Crippen molar-refractivity contribution in [3.05, 3.63) is 54.9 Å². The number of nitrogens with zero attached hydrogens (tertiary/aromatic N) is 6. The molecule has 44 heavy (non-hydrogen) atoms. The molecule has 3 aliphatic rings. The zero-order valence-electron chi connectivity index (χ0n) is 25.9. The zero-order chi connectivity index (χ0) is 30.4. The Bertz CT molecular complexity index is 1720. The third-order valence-electron chi connectivity index (χ3n) is 9.28. The van der Waals surface area contributed by atoms with Gasteiger partial charge in [-0.05, 0) is 70.0 Å². The van der Waals surface area contributed by atoms with Gasteiger partial charge in [-0.25, -0.2) is 0 Å². The molecule has 1 aliphatic carbocycles. The first-order valence-corrected chi connectivity index (χ1v) is 15.6. The van der Waals surface area contributed by atoms with Gasteiger partial charge in [0, 0.05) is 48.9 Å². The first kappa shape index (κ1) is 28.5. The number of nitrogens with one attached hydrogen (secondary N) is 1. The summed E-state index contributed by atoms with van der Waals surface area (Å²) < 4.78 is 19.3. The molecule has 1 saturated carbocycles. The van der Waals surface area contributed by atoms with Gasteiger partial charge in [0.05, 0.1) is 35.9 Å². The molecule has 4 heterocycles. The maximum atomic E-state index is 6.79. The van der Waals surface area contributed by atoms with E-state index in [9.17, 15) is 0 Å². The third kappa shape index (κ3) is 5.21. The summed E-state index contributed by atoms with van der Waals surface area (Å²) in [6.45, 7) is 15.0. The minimum atomic E-state index is 0.135. The van der Waals surface area contributed by atoms with Gasteiger partial charge in [0.15, 0.2) is 5.75 Å². The zero-order valence-corrected chi connectivity index (χ0v) is 25.9. The summed E-state index contributed by atoms with van der Waals surface area (Å²) in [6.07, 6.45) is 8.13. The van der Waals surface area contributed by atoms with Crippen LogP contribution in [0.25, 0.3) is 32.9 Å². The topological polar surface area (TPSA) is 91.9 Å². The molecule has 1 atom stereocenters. The van der Waals surface area contributed by atoms with Crippen LogP contribution < -0.4 is 19.1 Å². The highest BCUT2D eigenvalue weighted by molar-refractivity contribution is 6.06. The number of ether oxygens (including phenoxy) is 3. The van der Waals surface area contributed by atoms with E-state index >= 15 is 0 Å². The Morgan fingerprint density at radius 1 is 1.07 bits per heavy atom. The lowest BCUT2D eigenvalue weighted by Crippen LogP contribution is -2.45. The number of hydrogen-bond acceptors (Lipinski definition) is 9. The van der Waals surface area contributed by atoms with Gasteiger partial charge in [0.1, 0.15) is 23.7 Å². The van der Waals surface area contributed by atoms with E-state index in [1.165, 1.54) is 6.42 Å². The normalized spacial score (nSPS) is 19.1. The molecule has 0 radical (unpaired) electrons. The molecule has 2 saturated heterocycles. The van der Waals surface area contributed by atoms with Crippen LogP contribution in [0.1, 0.15) is 31.2 Å². The van der Waals surface area contributed by atoms with E-state index in [2.05, 4.69) is 70.2 Å². The van der Waals surface area contributed by atoms with Crippen LogP contribution in [0.15, 0.2) is 49.3 Å². The second kappa shape index (κ2) is 11.6. The maximum Gasteiger partial charge on any atom is 0.319 e. The quantitative estimate of drug-likeness (QED) is 0.244. The van der Waals surface area contributed by atoms with Crippen LogP contribution in [0, 0.1) is 6.92 Å². The monoisotopic (exact) mass is 595 g/mol. The standard InChI is InChI=1S/C34H41N7O3/c1-6-22(3)40-14-16-41(17-15-40)33-25-18-28(42-5)30(29-21(2)9-12-27-26(29)19-35-38-27)32(44-24-10-11-24)31(25)36-34(37-33)43-20-23-8-7-13-39(23)4/h6,9,12,18-19,23-24H,1,3,7-8,10-11,13-17,20H2,2,4-5H3,(H,35,38)/t23-/m0/s1. The molecular weight excluding hydrogens is 554 g/mol. The van der Waals surface area contributed by atoms with E-state index < -0.39 is 0 Å². The Labute approximate surface area is 258 Å². The number of benzene rings is 2. The molecule has 230 valence electrons. The van der Waals surface area contributed by atoms with Crippen molar-refractivity contribution >= 4 is 27.6 Å². The van der Waals surface area contributed by atoms with Crippen LogP contribution >= 0.6 is 0 Å². The van der Waals surface area contributed by atoms with Crippen molar-refractivity contribution in [3.63, 3.8) is 0 Å². The van der Waals surface area contributed by atoms with E-state index in [4.69, 9.17) is 24.2 Å². The molecule has 2 aliphatic heterocycles. The summed E-state index contributed by atoms with van der Waals surface area (Å²) in [7, 11) is 3.87. The number of fused-ring (bicyclic) bond motifs is 2. The van der Waals surface area contributed by atoms with Gasteiger partial charge in [-0.15, -0.1) is 0 Å². The van der Waals surface area contributed by atoms with Gasteiger partial charge in [0.2, 0.25) is 0 Å². The molecule has 10 nitrogen and oxygen atoms in total. The number of likely N-dealkylation sites (tertiary alicyclic amines) is 1. The summed E-state index contributed by atoms with van der Waals surface area (Å²) in [5.74, 6) is 2.26. The van der Waals surface area contributed by atoms with Crippen LogP contribution in [0.3, 0.4) is 0 Å². The number of aromatic nitrogens is 4. The van der Waals surface area contributed by atoms with Crippen molar-refractivity contribution in [2.24, 2.45) is 0 Å². The molecule has 0 amide bonds. The molecular formula is C34H41N7O3. The fourth-order valence-electron chi connectivity index (χ4n) is 6.50. The van der Waals surface area contributed by atoms with E-state index in [1.807, 2.05) is 12.3 Å². The summed E-state index contributed by atoms with van der Waals surface area (Å²) in [5, 5.41) is 9.38. The van der Waals surface area contributed by atoms with Gasteiger partial charge >= 0.3 is 6.01 Å². The Hall–Kier alpha value is -4.31. The Morgan fingerprint density at radius 3 is 2.59 bits per heavy atom. The van der Waals surface area contributed by atoms with Crippen LogP contribution in [0.5, 0.6) is 17.5 Å². The number of methoxy groups -OCH3 is 1. The number of allylic oxidation sites excluding steroid dienone is 1. The number of aryl methyl sites for hydroxylation is 1. The summed E-state index contributed by atoms with van der Waals surface area (Å²) in [5.41, 5.74) is 5.65. The summed E-state index contributed by atoms with van der Waals surface area (Å²) in [6, 6.07) is 6.96. The van der Waals surface area contributed by atoms with E-state index in [0.29, 0.717) is 24.4 Å². The highest BCUT2D eigenvalue weighted by Gasteiger charge is 2.32. The average Bonchev–Trinajstić information content (AvgIpc) is 3.57. The Morgan fingerprint density at radius 2 is 1.89 bits per heavy atom. The fraction of sp³-hybridized carbons (Fsp3) is 0.441. The number of hydrogen-bond donors (Lipinski definition) is 1. The second-order valence-electron chi connectivity index (χ2n) is 12.2. The predicted molar refractivity (Wildman–Crippen MR) is 174 cm³/mol. The average molecular weight is 596 g/mol. The van der Waals surface area contributed by atoms with Gasteiger partial charge in [-0.3, -0.25) is 5.10 Å². The van der Waals surface area contributed by atoms with Gasteiger partial charge in [-0.2, -0.15) is 15.1 Å². The van der Waals surface area contributed by atoms with Crippen molar-refractivity contribution < 1.29 is 14.2 Å². The molecule has 4 aromatic rings. The lowest BCUT2D eigenvalue weighted by molar-refractivity contribution is 0.188. The fourth-order valence-corrected chi connectivity index (χ4v) is 6.50. The number of H-pyrrole nitrogens is 1. The van der Waals surface area contributed by atoms with Crippen LogP contribution in [-0.4, -0.2) is 95.6 Å². The second-order valence-corrected chi connectivity index (χ2v) is 12.2. The van der Waals surface area contributed by atoms with E-state index in [1.54, 1.807) is 7.11 Å². The Kier molecular flexibility index (Phi) is 7.53. The molecule has 3 fully saturated rings. The minimum Gasteiger partial charge on any atom is -0.496 e. The summed E-state index contributed by atoms with van der Waals surface area (Å²) in [4.78, 5) is 17.1. The molecule has 1 N–H and O–H groups in total. The number of piperazine rings is 1. The largest absolute Gasteiger partial charge is 0.496 e. The van der Waals surface area contributed by atoms with E-state index in [-0.39, 0.29) is 6.10 Å². The van der Waals surface area contributed by atoms with Crippen molar-refractivity contribution in [1.29, 1.82) is 0 Å². The van der Waals surface area contributed by atoms with Crippen molar-refractivity contribution in [2.45, 2.75) is 44.8 Å². The lowest BCUT2D eigenvalue weighted by atomic mass is 9.94. The number of rotatable bonds is 10. The SMILES string of the molecule is C=CC(=C)N1CCN(c2nc(OC[C@@H]3CCCN3C)nc3c(OC4CC4)c(-c4c(C)ccc5[nH]ncc45)c(OC)cc23)CC1. The number of likely N-dealkylation sites (N-methyl/N-ethyl adjacent to an activating group) is 1. The molecule has 0 spiro atoms. The van der Waals surface area contributed by atoms with Crippen LogP contribution in [0.4, 0.5) is 5.82 Å². The van der Waals surface area contributed by atoms with Gasteiger partial charge in [-0.1, -0.05) is 19.2 Å². The number of aromatic amines is 1. The minimum absolute atomic E-state index is 0.135. The smallest absolute Gasteiger partial charge is 0.319 e. The maximum absolute atomic E-state index is 6.79. The first-order valence-electron chi connectivity index (χ1n) is 15.6. The third-order valence-corrected chi connectivity index (χ3v) is 9.28. The predicted octanol–water partition coefficient (Wildman–Crippen LogP) is 5.33. The lowest BCUT2D eigenvalue weighted by Gasteiger charge is -2.37. The molecule has 2 aromatic carbocycles. The van der Waals surface area contributed by atoms with Gasteiger partial charge in [0.25, 0.3) is 0 Å². The molecule has 0 unspecified atom stereocenters. The van der Waals surface area contributed by atoms with Crippen molar-refractivity contribution in [1.82, 2.24) is 30.0 Å². The Balaban J connectivity index is 1.41. The first-order chi connectivity index (χ1) is 21.4. The van der Waals surface area contributed by atoms with Crippen LogP contribution in [0.2, 0.25) is 0 Å². The number of anilines is 1.